The van der Waals surface area contributed by atoms with Crippen molar-refractivity contribution in [3.8, 4) is 0 Å². The molecule has 9 nitrogen and oxygen atoms in total. The minimum absolute atomic E-state index is 0.196. The molecule has 0 radical (unpaired) electrons. The van der Waals surface area contributed by atoms with Crippen LogP contribution in [0.3, 0.4) is 0 Å². The first kappa shape index (κ1) is 21.8. The Morgan fingerprint density at radius 2 is 1.88 bits per heavy atom. The van der Waals surface area contributed by atoms with Gasteiger partial charge in [0.2, 0.25) is 0 Å². The highest BCUT2D eigenvalue weighted by molar-refractivity contribution is 7.90. The van der Waals surface area contributed by atoms with Gasteiger partial charge in [0.1, 0.15) is 5.52 Å². The third kappa shape index (κ3) is 4.20. The number of nitrogens with one attached hydrogen (secondary N) is 2. The molecule has 2 N–H and O–H groups in total. The van der Waals surface area contributed by atoms with E-state index in [0.717, 1.165) is 47.9 Å². The molecule has 0 bridgehead atoms. The van der Waals surface area contributed by atoms with Crippen LogP contribution in [0.15, 0.2) is 41.7 Å². The highest BCUT2D eigenvalue weighted by Gasteiger charge is 2.28. The van der Waals surface area contributed by atoms with E-state index < -0.39 is 9.84 Å². The first-order valence-electron chi connectivity index (χ1n) is 11.1. The van der Waals surface area contributed by atoms with Crippen molar-refractivity contribution in [2.75, 3.05) is 24.7 Å². The third-order valence-electron chi connectivity index (χ3n) is 6.45. The van der Waals surface area contributed by atoms with Crippen LogP contribution in [-0.4, -0.2) is 63.2 Å². The molecule has 4 heterocycles. The average Bonchev–Trinajstić information content (AvgIpc) is 3.42. The molecule has 10 heteroatoms. The van der Waals surface area contributed by atoms with Gasteiger partial charge in [-0.3, -0.25) is 14.7 Å². The number of anilines is 2. The van der Waals surface area contributed by atoms with Gasteiger partial charge in [-0.05, 0) is 51.8 Å². The predicted octanol–water partition coefficient (Wildman–Crippen LogP) is 3.89. The summed E-state index contributed by atoms with van der Waals surface area (Å²) in [6.07, 6.45) is 8.88. The maximum absolute atomic E-state index is 12.0. The maximum Gasteiger partial charge on any atom is 0.175 e. The van der Waals surface area contributed by atoms with E-state index in [-0.39, 0.29) is 10.4 Å². The molecule has 0 saturated carbocycles. The van der Waals surface area contributed by atoms with Gasteiger partial charge in [-0.15, -0.1) is 0 Å². The molecule has 0 spiro atoms. The largest absolute Gasteiger partial charge is 0.336 e. The van der Waals surface area contributed by atoms with E-state index in [1.54, 1.807) is 24.4 Å². The molecule has 0 unspecified atom stereocenters. The van der Waals surface area contributed by atoms with Crippen LogP contribution in [0.5, 0.6) is 0 Å². The van der Waals surface area contributed by atoms with Crippen molar-refractivity contribution in [1.29, 1.82) is 0 Å². The Kier molecular flexibility index (Phi) is 5.17. The standard InChI is InChI=1S/C23H29N7O2S/c1-23(2,3)29-9-7-16(8-10-29)30-14-15(12-25-30)26-22-21-19(13-24-28-21)18-11-17(33(4,31)32)5-6-20(18)27-22/h5-6,11-14,16H,7-10H2,1-4H3,(H,24,28)(H,26,27). The third-order valence-corrected chi connectivity index (χ3v) is 7.56. The molecule has 0 aliphatic carbocycles. The number of likely N-dealkylation sites (tertiary alicyclic amines) is 1. The Hall–Kier alpha value is -2.98. The van der Waals surface area contributed by atoms with Crippen LogP contribution in [0, 0.1) is 0 Å². The summed E-state index contributed by atoms with van der Waals surface area (Å²) in [5, 5.41) is 16.7. The normalized spacial score (nSPS) is 16.6. The quantitative estimate of drug-likeness (QED) is 0.469. The second-order valence-electron chi connectivity index (χ2n) is 9.79. The minimum Gasteiger partial charge on any atom is -0.336 e. The Morgan fingerprint density at radius 3 is 2.58 bits per heavy atom. The van der Waals surface area contributed by atoms with Crippen molar-refractivity contribution in [2.45, 2.75) is 50.1 Å². The molecular formula is C23H29N7O2S. The second-order valence-corrected chi connectivity index (χ2v) is 11.8. The lowest BCUT2D eigenvalue weighted by molar-refractivity contribution is 0.0870. The lowest BCUT2D eigenvalue weighted by atomic mass is 9.98. The van der Waals surface area contributed by atoms with Crippen molar-refractivity contribution >= 4 is 43.1 Å². The van der Waals surface area contributed by atoms with Crippen LogP contribution in [0.1, 0.15) is 39.7 Å². The van der Waals surface area contributed by atoms with E-state index in [9.17, 15) is 8.42 Å². The topological polar surface area (TPSA) is 109 Å². The number of sulfone groups is 1. The number of hydrogen-bond acceptors (Lipinski definition) is 7. The summed E-state index contributed by atoms with van der Waals surface area (Å²) in [6.45, 7) is 8.91. The van der Waals surface area contributed by atoms with Gasteiger partial charge in [0, 0.05) is 41.9 Å². The van der Waals surface area contributed by atoms with Gasteiger partial charge < -0.3 is 5.32 Å². The van der Waals surface area contributed by atoms with Crippen LogP contribution in [0.4, 0.5) is 11.5 Å². The number of aromatic amines is 1. The van der Waals surface area contributed by atoms with E-state index in [4.69, 9.17) is 4.98 Å². The molecule has 1 aromatic carbocycles. The van der Waals surface area contributed by atoms with Gasteiger partial charge >= 0.3 is 0 Å². The Labute approximate surface area is 193 Å². The van der Waals surface area contributed by atoms with Crippen LogP contribution in [0.2, 0.25) is 0 Å². The van der Waals surface area contributed by atoms with E-state index >= 15 is 0 Å². The highest BCUT2D eigenvalue weighted by Crippen LogP contribution is 2.32. The van der Waals surface area contributed by atoms with Crippen LogP contribution < -0.4 is 5.32 Å². The van der Waals surface area contributed by atoms with Crippen LogP contribution in [-0.2, 0) is 9.84 Å². The van der Waals surface area contributed by atoms with Crippen molar-refractivity contribution < 1.29 is 8.42 Å². The molecule has 0 amide bonds. The Bertz CT molecular complexity index is 1420. The Balaban J connectivity index is 1.41. The molecule has 1 aliphatic heterocycles. The molecular weight excluding hydrogens is 438 g/mol. The second kappa shape index (κ2) is 7.81. The lowest BCUT2D eigenvalue weighted by Crippen LogP contribution is -2.46. The number of H-pyrrole nitrogens is 1. The number of aromatic nitrogens is 5. The molecule has 4 aromatic rings. The molecule has 1 aliphatic rings. The van der Waals surface area contributed by atoms with Crippen molar-refractivity contribution in [2.24, 2.45) is 0 Å². The first-order valence-corrected chi connectivity index (χ1v) is 13.0. The molecule has 5 rings (SSSR count). The summed E-state index contributed by atoms with van der Waals surface area (Å²) >= 11 is 0. The number of rotatable bonds is 4. The van der Waals surface area contributed by atoms with Crippen molar-refractivity contribution in [3.63, 3.8) is 0 Å². The monoisotopic (exact) mass is 467 g/mol. The predicted molar refractivity (Wildman–Crippen MR) is 130 cm³/mol. The molecule has 33 heavy (non-hydrogen) atoms. The number of benzene rings is 1. The zero-order chi connectivity index (χ0) is 23.4. The number of pyridine rings is 1. The van der Waals surface area contributed by atoms with E-state index in [2.05, 4.69) is 46.3 Å². The number of hydrogen-bond donors (Lipinski definition) is 2. The summed E-state index contributed by atoms with van der Waals surface area (Å²) in [7, 11) is -3.31. The van der Waals surface area contributed by atoms with Crippen molar-refractivity contribution in [1.82, 2.24) is 29.9 Å². The summed E-state index contributed by atoms with van der Waals surface area (Å²) in [5.74, 6) is 0.629. The van der Waals surface area contributed by atoms with Gasteiger partial charge in [-0.1, -0.05) is 0 Å². The van der Waals surface area contributed by atoms with Gasteiger partial charge in [0.05, 0.1) is 34.5 Å². The van der Waals surface area contributed by atoms with E-state index in [0.29, 0.717) is 17.4 Å². The summed E-state index contributed by atoms with van der Waals surface area (Å²) in [4.78, 5) is 7.52. The van der Waals surface area contributed by atoms with Gasteiger partial charge in [0.25, 0.3) is 0 Å². The number of nitrogens with zero attached hydrogens (tertiary/aromatic N) is 5. The smallest absolute Gasteiger partial charge is 0.175 e. The molecule has 0 atom stereocenters. The molecule has 174 valence electrons. The van der Waals surface area contributed by atoms with Crippen LogP contribution in [0.25, 0.3) is 21.8 Å². The minimum atomic E-state index is -3.31. The SMILES string of the molecule is CC(C)(C)N1CCC(n2cc(Nc3nc4ccc(S(C)(=O)=O)cc4c4cn[nH]c34)cn2)CC1. The van der Waals surface area contributed by atoms with Crippen LogP contribution >= 0.6 is 0 Å². The zero-order valence-corrected chi connectivity index (χ0v) is 20.1. The molecule has 1 fully saturated rings. The fourth-order valence-corrected chi connectivity index (χ4v) is 5.18. The van der Waals surface area contributed by atoms with Gasteiger partial charge in [0.15, 0.2) is 15.7 Å². The Morgan fingerprint density at radius 1 is 1.12 bits per heavy atom. The summed E-state index contributed by atoms with van der Waals surface area (Å²) in [6, 6.07) is 5.35. The average molecular weight is 468 g/mol. The number of fused-ring (bicyclic) bond motifs is 3. The fourth-order valence-electron chi connectivity index (χ4n) is 4.54. The summed E-state index contributed by atoms with van der Waals surface area (Å²) in [5.41, 5.74) is 2.46. The molecule has 1 saturated heterocycles. The first-order chi connectivity index (χ1) is 15.6. The maximum atomic E-state index is 12.0. The zero-order valence-electron chi connectivity index (χ0n) is 19.3. The highest BCUT2D eigenvalue weighted by atomic mass is 32.2. The molecule has 3 aromatic heterocycles. The van der Waals surface area contributed by atoms with E-state index in [1.165, 1.54) is 6.26 Å². The van der Waals surface area contributed by atoms with Gasteiger partial charge in [-0.2, -0.15) is 10.2 Å². The van der Waals surface area contributed by atoms with Crippen molar-refractivity contribution in [3.05, 3.63) is 36.8 Å². The fraction of sp³-hybridized carbons (Fsp3) is 0.435. The van der Waals surface area contributed by atoms with E-state index in [1.807, 2.05) is 17.1 Å². The summed E-state index contributed by atoms with van der Waals surface area (Å²) < 4.78 is 26.0. The van der Waals surface area contributed by atoms with Gasteiger partial charge in [-0.25, -0.2) is 13.4 Å². The lowest BCUT2D eigenvalue weighted by Gasteiger charge is -2.40. The number of piperidine rings is 1.